The van der Waals surface area contributed by atoms with E-state index in [1.165, 1.54) is 34.1 Å². The molecule has 386 valence electrons. The van der Waals surface area contributed by atoms with Crippen LogP contribution in [0.25, 0.3) is 11.0 Å². The van der Waals surface area contributed by atoms with Crippen LogP contribution < -0.4 is 5.43 Å². The number of nitrogens with zero attached hydrogens (tertiary/aromatic N) is 3. The van der Waals surface area contributed by atoms with Gasteiger partial charge in [0.1, 0.15) is 40.9 Å². The van der Waals surface area contributed by atoms with Crippen LogP contribution in [0.3, 0.4) is 0 Å². The Balaban J connectivity index is 0.000000493. The zero-order chi connectivity index (χ0) is 51.5. The lowest BCUT2D eigenvalue weighted by molar-refractivity contribution is -0.318. The molecule has 3 aliphatic rings. The van der Waals surface area contributed by atoms with Gasteiger partial charge in [-0.1, -0.05) is 27.7 Å². The summed E-state index contributed by atoms with van der Waals surface area (Å²) in [4.78, 5) is 56.9. The van der Waals surface area contributed by atoms with Gasteiger partial charge in [0.25, 0.3) is 0 Å². The third kappa shape index (κ3) is 12.3. The quantitative estimate of drug-likeness (QED) is 0.197. The first-order valence-corrected chi connectivity index (χ1v) is 23.8. The zero-order valence-electron chi connectivity index (χ0n) is 42.5. The van der Waals surface area contributed by atoms with Crippen molar-refractivity contribution in [2.75, 3.05) is 21.2 Å². The first-order valence-electron chi connectivity index (χ1n) is 23.8. The number of aliphatic hydroxyl groups excluding tert-OH is 3. The molecule has 19 nitrogen and oxygen atoms in total. The average Bonchev–Trinajstić information content (AvgIpc) is 3.27. The summed E-state index contributed by atoms with van der Waals surface area (Å²) in [6.07, 6.45) is -8.36. The van der Waals surface area contributed by atoms with Crippen LogP contribution in [0.5, 0.6) is 0 Å². The van der Waals surface area contributed by atoms with Gasteiger partial charge in [0.15, 0.2) is 12.6 Å². The van der Waals surface area contributed by atoms with Crippen molar-refractivity contribution >= 4 is 28.8 Å². The lowest BCUT2D eigenvalue weighted by atomic mass is 9.74. The summed E-state index contributed by atoms with van der Waals surface area (Å²) < 4.78 is 38.7. The predicted molar refractivity (Wildman–Crippen MR) is 250 cm³/mol. The van der Waals surface area contributed by atoms with Crippen molar-refractivity contribution in [3.8, 4) is 0 Å². The fourth-order valence-corrected chi connectivity index (χ4v) is 10.2. The Bertz CT molecular complexity index is 2110. The van der Waals surface area contributed by atoms with Gasteiger partial charge in [-0.25, -0.2) is 9.78 Å². The third-order valence-electron chi connectivity index (χ3n) is 14.5. The van der Waals surface area contributed by atoms with E-state index in [1.807, 2.05) is 39.8 Å². The highest BCUT2D eigenvalue weighted by molar-refractivity contribution is 5.91. The molecule has 3 saturated heterocycles. The Morgan fingerprint density at radius 3 is 2.12 bits per heavy atom. The molecule has 5 heterocycles. The third-order valence-corrected chi connectivity index (χ3v) is 14.5. The van der Waals surface area contributed by atoms with Crippen LogP contribution in [0, 0.1) is 30.6 Å². The van der Waals surface area contributed by atoms with E-state index in [-0.39, 0.29) is 37.0 Å². The Morgan fingerprint density at radius 1 is 0.926 bits per heavy atom. The fraction of sp³-hybridized carbons (Fsp3) is 0.776. The molecule has 3 aliphatic heterocycles. The number of aryl methyl sites for hydroxylation is 2. The monoisotopic (exact) mass is 966 g/mol. The van der Waals surface area contributed by atoms with Crippen LogP contribution in [-0.2, 0) is 44.6 Å². The maximum Gasteiger partial charge on any atom is 0.341 e. The minimum atomic E-state index is -1.99. The van der Waals surface area contributed by atoms with Gasteiger partial charge in [0.05, 0.1) is 53.0 Å². The molecule has 3 fully saturated rings. The Morgan fingerprint density at radius 2 is 1.56 bits per heavy atom. The van der Waals surface area contributed by atoms with Crippen LogP contribution in [0.2, 0.25) is 0 Å². The number of carbonyl (C=O) groups excluding carboxylic acids is 2. The maximum absolute atomic E-state index is 14.1. The molecule has 19 heteroatoms. The number of aromatic carboxylic acids is 1. The van der Waals surface area contributed by atoms with Gasteiger partial charge in [-0.15, -0.1) is 0 Å². The van der Waals surface area contributed by atoms with E-state index in [9.17, 15) is 44.7 Å². The fourth-order valence-electron chi connectivity index (χ4n) is 10.2. The molecule has 2 aromatic heterocycles. The summed E-state index contributed by atoms with van der Waals surface area (Å²) in [5.74, 6) is -6.19. The van der Waals surface area contributed by atoms with Gasteiger partial charge in [-0.2, -0.15) is 0 Å². The first kappa shape index (κ1) is 57.1. The zero-order valence-corrected chi connectivity index (χ0v) is 42.5. The topological polar surface area (TPSA) is 266 Å². The van der Waals surface area contributed by atoms with E-state index in [4.69, 9.17) is 33.5 Å². The summed E-state index contributed by atoms with van der Waals surface area (Å²) in [6.45, 7) is 20.6. The van der Waals surface area contributed by atoms with Crippen LogP contribution in [0.1, 0.15) is 118 Å². The number of carboxylic acids is 1. The van der Waals surface area contributed by atoms with Gasteiger partial charge < -0.3 is 68.5 Å². The van der Waals surface area contributed by atoms with Crippen molar-refractivity contribution in [2.24, 2.45) is 23.7 Å². The highest BCUT2D eigenvalue weighted by atomic mass is 16.7. The molecule has 68 heavy (non-hydrogen) atoms. The second-order valence-electron chi connectivity index (χ2n) is 20.3. The number of carbonyl (C=O) groups is 3. The average molecular weight is 966 g/mol. The largest absolute Gasteiger partial charge is 0.477 e. The number of hydrogen-bond donors (Lipinski definition) is 6. The van der Waals surface area contributed by atoms with Crippen LogP contribution in [-0.4, -0.2) is 168 Å². The number of likely N-dealkylation sites (N-methyl/N-ethyl adjacent to an activating group) is 1. The lowest BCUT2D eigenvalue weighted by Crippen LogP contribution is -2.61. The Hall–Kier alpha value is -3.47. The molecule has 0 amide bonds. The summed E-state index contributed by atoms with van der Waals surface area (Å²) in [7, 11) is 5.18. The second-order valence-corrected chi connectivity index (χ2v) is 20.3. The maximum atomic E-state index is 14.1. The number of esters is 1. The number of rotatable bonds is 9. The standard InChI is InChI=1S/C37H67NO13.C12H12N2O3/c1-14-25-37(10,45)30(41)20(4)27(39)18(2)16-35(8,44)32(51-34-28(40)24(38(11)12)15-19(3)47-34)21(5)29(22(6)33(43)49-25)50-26-17-36(9,46-13)31(42)23(7)48-26;1-3-14-6-9(12(16)17)10(15)8-5-4-7(2)13-11(8)14/h18-26,28-32,34,40-42,44-45H,14-17H2,1-13H3;4-6H,3H2,1-2H3,(H,16,17)/t18-,19+,20+,21+,22-,23+,24-,25-,26+,28+,29+,30-,31+,32-,34-,35-,36-,37-;/m1./s1. The molecule has 2 aromatic rings. The highest BCUT2D eigenvalue weighted by Gasteiger charge is 2.53. The van der Waals surface area contributed by atoms with Crippen molar-refractivity contribution in [1.29, 1.82) is 0 Å². The molecule has 0 radical (unpaired) electrons. The van der Waals surface area contributed by atoms with Crippen molar-refractivity contribution < 1.29 is 73.4 Å². The molecule has 0 bridgehead atoms. The van der Waals surface area contributed by atoms with Crippen molar-refractivity contribution in [1.82, 2.24) is 14.5 Å². The minimum absolute atomic E-state index is 0.0936. The summed E-state index contributed by atoms with van der Waals surface area (Å²) in [5.41, 5.74) is -4.21. The molecular formula is C49H79N3O16. The number of carboxylic acid groups (broad SMARTS) is 1. The molecule has 18 atom stereocenters. The number of methoxy groups -OCH3 is 1. The van der Waals surface area contributed by atoms with E-state index >= 15 is 0 Å². The van der Waals surface area contributed by atoms with Crippen LogP contribution in [0.4, 0.5) is 0 Å². The molecule has 6 N–H and O–H groups in total. The molecule has 0 unspecified atom stereocenters. The number of ketones is 1. The molecule has 0 aliphatic carbocycles. The molecule has 5 rings (SSSR count). The smallest absolute Gasteiger partial charge is 0.341 e. The number of hydrogen-bond acceptors (Lipinski definition) is 17. The van der Waals surface area contributed by atoms with Gasteiger partial charge >= 0.3 is 11.9 Å². The van der Waals surface area contributed by atoms with Gasteiger partial charge in [-0.05, 0) is 101 Å². The van der Waals surface area contributed by atoms with Crippen molar-refractivity contribution in [3.05, 3.63) is 39.8 Å². The summed E-state index contributed by atoms with van der Waals surface area (Å²) in [5, 5.41) is 66.9. The molecule has 0 saturated carbocycles. The lowest BCUT2D eigenvalue weighted by Gasteiger charge is -2.49. The summed E-state index contributed by atoms with van der Waals surface area (Å²) >= 11 is 0. The van der Waals surface area contributed by atoms with Crippen molar-refractivity contribution in [2.45, 2.75) is 200 Å². The minimum Gasteiger partial charge on any atom is -0.477 e. The summed E-state index contributed by atoms with van der Waals surface area (Å²) in [6, 6.07) is 3.00. The number of pyridine rings is 2. The highest BCUT2D eigenvalue weighted by Crippen LogP contribution is 2.41. The van der Waals surface area contributed by atoms with E-state index in [0.717, 1.165) is 5.69 Å². The van der Waals surface area contributed by atoms with Gasteiger partial charge in [0.2, 0.25) is 5.43 Å². The molecular weight excluding hydrogens is 887 g/mol. The Kier molecular flexibility index (Phi) is 19.1. The SMILES string of the molecule is CC[C@H]1OC(=O)[C@H](C)[C@@H](O[C@H]2C[C@@](C)(OC)[C@@H](O)[C@H](C)O2)[C@H](C)[C@@H](O[C@H]2O[C@@H](C)C[C@@H](N(C)C)[C@@H]2O)[C@](C)(O)C[C@@H](C)C(=O)[C@H](C)[C@@H](O)[C@]1(C)O.CCn1cc(C(=O)O)c(=O)c2ccc(C)nc21. The predicted octanol–water partition coefficient (Wildman–Crippen LogP) is 3.21. The van der Waals surface area contributed by atoms with E-state index in [1.54, 1.807) is 58.2 Å². The number of cyclic esters (lactones) is 1. The van der Waals surface area contributed by atoms with E-state index < -0.39 is 119 Å². The van der Waals surface area contributed by atoms with E-state index in [2.05, 4.69) is 4.98 Å². The van der Waals surface area contributed by atoms with Crippen molar-refractivity contribution in [3.63, 3.8) is 0 Å². The number of aromatic nitrogens is 2. The number of aliphatic hydroxyl groups is 5. The van der Waals surface area contributed by atoms with Gasteiger partial charge in [-0.3, -0.25) is 14.4 Å². The number of fused-ring (bicyclic) bond motifs is 1. The number of ether oxygens (including phenoxy) is 6. The first-order chi connectivity index (χ1) is 31.5. The van der Waals surface area contributed by atoms with Crippen LogP contribution in [0.15, 0.2) is 23.1 Å². The molecule has 0 spiro atoms. The normalized spacial score (nSPS) is 40.0. The van der Waals surface area contributed by atoms with Gasteiger partial charge in [0, 0.05) is 55.8 Å². The Labute approximate surface area is 400 Å². The number of Topliss-reactive ketones (excluding diaryl/α,β-unsaturated/α-hetero) is 1. The second kappa shape index (κ2) is 22.7. The molecule has 0 aromatic carbocycles. The van der Waals surface area contributed by atoms with Crippen LogP contribution >= 0.6 is 0 Å². The van der Waals surface area contributed by atoms with E-state index in [0.29, 0.717) is 24.0 Å².